The predicted octanol–water partition coefficient (Wildman–Crippen LogP) is 2.80. The Morgan fingerprint density at radius 1 is 1.35 bits per heavy atom. The summed E-state index contributed by atoms with van der Waals surface area (Å²) in [5.74, 6) is 0. The molecule has 1 N–H and O–H groups in total. The van der Waals surface area contributed by atoms with Crippen molar-refractivity contribution in [3.8, 4) is 0 Å². The summed E-state index contributed by atoms with van der Waals surface area (Å²) in [5, 5.41) is 8.72. The largest absolute Gasteiger partial charge is 0.392 e. The molecule has 1 atom stereocenters. The number of allylic oxidation sites excluding steroid dienone is 2. The van der Waals surface area contributed by atoms with E-state index in [0.29, 0.717) is 6.61 Å². The summed E-state index contributed by atoms with van der Waals surface area (Å²) in [6.07, 6.45) is 8.19. The zero-order chi connectivity index (χ0) is 12.5. The molecule has 17 heavy (non-hydrogen) atoms. The molecule has 3 nitrogen and oxygen atoms in total. The minimum absolute atomic E-state index is 0.00868. The van der Waals surface area contributed by atoms with E-state index in [1.165, 1.54) is 11.1 Å². The fourth-order valence-electron chi connectivity index (χ4n) is 1.77. The Hall–Kier alpha value is -0.640. The summed E-state index contributed by atoms with van der Waals surface area (Å²) < 4.78 is 11.0. The Morgan fingerprint density at radius 3 is 2.82 bits per heavy atom. The normalized spacial score (nSPS) is 22.2. The number of aliphatic hydroxyl groups excluding tert-OH is 1. The molecule has 1 unspecified atom stereocenters. The van der Waals surface area contributed by atoms with Crippen LogP contribution in [0.4, 0.5) is 0 Å². The lowest BCUT2D eigenvalue weighted by Gasteiger charge is -2.11. The van der Waals surface area contributed by atoms with Crippen molar-refractivity contribution >= 4 is 0 Å². The summed E-state index contributed by atoms with van der Waals surface area (Å²) >= 11 is 0. The van der Waals surface area contributed by atoms with Gasteiger partial charge in [0, 0.05) is 13.0 Å². The van der Waals surface area contributed by atoms with Crippen LogP contribution in [0, 0.1) is 0 Å². The molecule has 1 rings (SSSR count). The van der Waals surface area contributed by atoms with E-state index in [-0.39, 0.29) is 12.9 Å². The van der Waals surface area contributed by atoms with Gasteiger partial charge in [-0.3, -0.25) is 0 Å². The molecular weight excluding hydrogens is 216 g/mol. The second-order valence-electron chi connectivity index (χ2n) is 4.58. The van der Waals surface area contributed by atoms with Crippen molar-refractivity contribution < 1.29 is 14.6 Å². The van der Waals surface area contributed by atoms with Gasteiger partial charge in [-0.25, -0.2) is 0 Å². The highest BCUT2D eigenvalue weighted by molar-refractivity contribution is 5.03. The molecule has 1 fully saturated rings. The average molecular weight is 240 g/mol. The zero-order valence-corrected chi connectivity index (χ0v) is 10.9. The van der Waals surface area contributed by atoms with E-state index in [0.717, 1.165) is 32.3 Å². The van der Waals surface area contributed by atoms with Crippen LogP contribution >= 0.6 is 0 Å². The molecule has 0 aromatic heterocycles. The van der Waals surface area contributed by atoms with Crippen LogP contribution in [0.5, 0.6) is 0 Å². The van der Waals surface area contributed by atoms with Crippen LogP contribution in [0.2, 0.25) is 0 Å². The number of aliphatic hydroxyl groups is 1. The number of hydrogen-bond donors (Lipinski definition) is 1. The summed E-state index contributed by atoms with van der Waals surface area (Å²) in [6.45, 7) is 5.75. The molecule has 1 aliphatic heterocycles. The molecule has 0 radical (unpaired) electrons. The van der Waals surface area contributed by atoms with Crippen molar-refractivity contribution in [2.75, 3.05) is 19.8 Å². The van der Waals surface area contributed by atoms with Crippen LogP contribution in [0.1, 0.15) is 39.5 Å². The van der Waals surface area contributed by atoms with Gasteiger partial charge in [-0.2, -0.15) is 0 Å². The van der Waals surface area contributed by atoms with Crippen molar-refractivity contribution in [1.29, 1.82) is 0 Å². The first-order valence-electron chi connectivity index (χ1n) is 6.37. The Kier molecular flexibility index (Phi) is 7.17. The van der Waals surface area contributed by atoms with Crippen LogP contribution in [0.15, 0.2) is 23.3 Å². The van der Waals surface area contributed by atoms with Crippen LogP contribution in [0.3, 0.4) is 0 Å². The molecular formula is C14H24O3. The van der Waals surface area contributed by atoms with E-state index in [9.17, 15) is 0 Å². The average Bonchev–Trinajstić information content (AvgIpc) is 2.79. The second kappa shape index (κ2) is 8.45. The minimum atomic E-state index is 0.00868. The lowest BCUT2D eigenvalue weighted by atomic mass is 10.1. The van der Waals surface area contributed by atoms with Crippen molar-refractivity contribution in [2.24, 2.45) is 0 Å². The van der Waals surface area contributed by atoms with Crippen LogP contribution in [-0.4, -0.2) is 31.2 Å². The third kappa shape index (κ3) is 6.61. The molecule has 1 aliphatic rings. The van der Waals surface area contributed by atoms with Gasteiger partial charge in [-0.1, -0.05) is 23.3 Å². The quantitative estimate of drug-likeness (QED) is 0.695. The molecule has 0 bridgehead atoms. The summed E-state index contributed by atoms with van der Waals surface area (Å²) in [6, 6.07) is 0. The molecule has 1 saturated heterocycles. The standard InChI is InChI=1S/C14H24O3/c1-12(8-9-15)5-3-6-13(2)11-17-14-7-4-10-16-14/h6,8,14-15H,3-5,7,9-11H2,1-2H3/b12-8+,13-6+. The van der Waals surface area contributed by atoms with Gasteiger partial charge < -0.3 is 14.6 Å². The highest BCUT2D eigenvalue weighted by Crippen LogP contribution is 2.14. The maximum atomic E-state index is 8.72. The molecule has 3 heteroatoms. The molecule has 0 aromatic carbocycles. The third-order valence-corrected chi connectivity index (χ3v) is 2.86. The Morgan fingerprint density at radius 2 is 2.18 bits per heavy atom. The monoisotopic (exact) mass is 240 g/mol. The first-order valence-corrected chi connectivity index (χ1v) is 6.37. The summed E-state index contributed by atoms with van der Waals surface area (Å²) in [7, 11) is 0. The first-order chi connectivity index (χ1) is 8.22. The molecule has 1 heterocycles. The van der Waals surface area contributed by atoms with Crippen LogP contribution in [-0.2, 0) is 9.47 Å². The molecule has 0 amide bonds. The van der Waals surface area contributed by atoms with Gasteiger partial charge in [0.1, 0.15) is 0 Å². The highest BCUT2D eigenvalue weighted by atomic mass is 16.7. The Labute approximate surface area is 104 Å². The van der Waals surface area contributed by atoms with Gasteiger partial charge in [0.25, 0.3) is 0 Å². The van der Waals surface area contributed by atoms with Gasteiger partial charge in [-0.15, -0.1) is 0 Å². The van der Waals surface area contributed by atoms with E-state index in [1.807, 2.05) is 13.0 Å². The maximum absolute atomic E-state index is 8.72. The van der Waals surface area contributed by atoms with Crippen molar-refractivity contribution in [1.82, 2.24) is 0 Å². The van der Waals surface area contributed by atoms with Gasteiger partial charge >= 0.3 is 0 Å². The minimum Gasteiger partial charge on any atom is -0.392 e. The zero-order valence-electron chi connectivity index (χ0n) is 10.9. The SMILES string of the molecule is C/C(=C\CO)CC/C=C(\C)COC1CCCO1. The molecule has 0 saturated carbocycles. The predicted molar refractivity (Wildman–Crippen MR) is 68.8 cm³/mol. The van der Waals surface area contributed by atoms with E-state index in [2.05, 4.69) is 13.0 Å². The fourth-order valence-corrected chi connectivity index (χ4v) is 1.77. The number of rotatable bonds is 7. The summed E-state index contributed by atoms with van der Waals surface area (Å²) in [4.78, 5) is 0. The number of ether oxygens (including phenoxy) is 2. The lowest BCUT2D eigenvalue weighted by molar-refractivity contribution is -0.103. The van der Waals surface area contributed by atoms with E-state index in [1.54, 1.807) is 0 Å². The van der Waals surface area contributed by atoms with Crippen molar-refractivity contribution in [2.45, 2.75) is 45.8 Å². The molecule has 98 valence electrons. The molecule has 0 aromatic rings. The van der Waals surface area contributed by atoms with Gasteiger partial charge in [-0.05, 0) is 33.1 Å². The van der Waals surface area contributed by atoms with E-state index in [4.69, 9.17) is 14.6 Å². The smallest absolute Gasteiger partial charge is 0.158 e. The van der Waals surface area contributed by atoms with Gasteiger partial charge in [0.15, 0.2) is 6.29 Å². The van der Waals surface area contributed by atoms with Crippen LogP contribution in [0.25, 0.3) is 0 Å². The van der Waals surface area contributed by atoms with Crippen molar-refractivity contribution in [3.05, 3.63) is 23.3 Å². The molecule has 0 aliphatic carbocycles. The number of hydrogen-bond acceptors (Lipinski definition) is 3. The fraction of sp³-hybridized carbons (Fsp3) is 0.714. The lowest BCUT2D eigenvalue weighted by Crippen LogP contribution is -2.11. The topological polar surface area (TPSA) is 38.7 Å². The highest BCUT2D eigenvalue weighted by Gasteiger charge is 2.15. The maximum Gasteiger partial charge on any atom is 0.158 e. The first kappa shape index (κ1) is 14.4. The van der Waals surface area contributed by atoms with E-state index >= 15 is 0 Å². The molecule has 0 spiro atoms. The van der Waals surface area contributed by atoms with Gasteiger partial charge in [0.2, 0.25) is 0 Å². The second-order valence-corrected chi connectivity index (χ2v) is 4.58. The van der Waals surface area contributed by atoms with Crippen LogP contribution < -0.4 is 0 Å². The van der Waals surface area contributed by atoms with Crippen molar-refractivity contribution in [3.63, 3.8) is 0 Å². The third-order valence-electron chi connectivity index (χ3n) is 2.86. The Bertz CT molecular complexity index is 263. The summed E-state index contributed by atoms with van der Waals surface area (Å²) in [5.41, 5.74) is 2.48. The Balaban J connectivity index is 2.13. The van der Waals surface area contributed by atoms with Gasteiger partial charge in [0.05, 0.1) is 13.2 Å². The van der Waals surface area contributed by atoms with E-state index < -0.39 is 0 Å².